The van der Waals surface area contributed by atoms with Gasteiger partial charge in [-0.25, -0.2) is 4.79 Å². The van der Waals surface area contributed by atoms with Gasteiger partial charge in [-0.15, -0.1) is 11.3 Å². The van der Waals surface area contributed by atoms with Crippen LogP contribution in [-0.2, 0) is 17.6 Å². The van der Waals surface area contributed by atoms with Gasteiger partial charge in [-0.2, -0.15) is 8.78 Å². The molecule has 0 saturated heterocycles. The van der Waals surface area contributed by atoms with Crippen LogP contribution in [0.5, 0.6) is 0 Å². The molecule has 0 fully saturated rings. The smallest absolute Gasteiger partial charge is 0.372 e. The topological polar surface area (TPSA) is 66.4 Å². The van der Waals surface area contributed by atoms with Crippen LogP contribution in [0.2, 0.25) is 0 Å². The molecule has 4 nitrogen and oxygen atoms in total. The van der Waals surface area contributed by atoms with E-state index < -0.39 is 15.8 Å². The van der Waals surface area contributed by atoms with Gasteiger partial charge in [0.1, 0.15) is 5.00 Å². The van der Waals surface area contributed by atoms with Crippen molar-refractivity contribution in [3.05, 3.63) is 16.0 Å². The second-order valence-corrected chi connectivity index (χ2v) is 6.28. The third-order valence-electron chi connectivity index (χ3n) is 2.62. The number of halogens is 3. The van der Waals surface area contributed by atoms with Crippen molar-refractivity contribution in [2.45, 2.75) is 23.2 Å². The predicted octanol–water partition coefficient (Wildman–Crippen LogP) is 2.90. The molecule has 0 unspecified atom stereocenters. The molecule has 1 heterocycles. The molecule has 2 N–H and O–H groups in total. The number of thiophene rings is 1. The number of rotatable bonds is 3. The predicted molar refractivity (Wildman–Crippen MR) is 70.9 cm³/mol. The quantitative estimate of drug-likeness (QED) is 0.619. The minimum Gasteiger partial charge on any atom is -0.478 e. The van der Waals surface area contributed by atoms with E-state index in [1.54, 1.807) is 0 Å². The zero-order chi connectivity index (χ0) is 13.5. The van der Waals surface area contributed by atoms with E-state index in [-0.39, 0.29) is 10.6 Å². The maximum atomic E-state index is 12.8. The molecule has 0 spiro atoms. The highest BCUT2D eigenvalue weighted by molar-refractivity contribution is 14.1. The van der Waals surface area contributed by atoms with Crippen LogP contribution in [0.25, 0.3) is 0 Å². The van der Waals surface area contributed by atoms with E-state index in [9.17, 15) is 18.4 Å². The second kappa shape index (κ2) is 4.72. The van der Waals surface area contributed by atoms with Crippen molar-refractivity contribution in [2.75, 3.05) is 5.32 Å². The van der Waals surface area contributed by atoms with E-state index in [4.69, 9.17) is 5.11 Å². The van der Waals surface area contributed by atoms with Gasteiger partial charge < -0.3 is 10.4 Å². The van der Waals surface area contributed by atoms with Gasteiger partial charge in [0.05, 0.1) is 5.56 Å². The summed E-state index contributed by atoms with van der Waals surface area (Å²) in [5, 5.41) is 11.1. The number of carboxylic acid groups (broad SMARTS) is 1. The normalized spacial score (nSPS) is 14.4. The number of anilines is 1. The van der Waals surface area contributed by atoms with Crippen molar-refractivity contribution < 1.29 is 23.5 Å². The highest BCUT2D eigenvalue weighted by Crippen LogP contribution is 2.39. The molecule has 0 atom stereocenters. The van der Waals surface area contributed by atoms with Gasteiger partial charge in [0.2, 0.25) is 0 Å². The van der Waals surface area contributed by atoms with Crippen LogP contribution in [0.4, 0.5) is 13.8 Å². The third-order valence-corrected chi connectivity index (χ3v) is 4.32. The van der Waals surface area contributed by atoms with E-state index in [0.717, 1.165) is 29.1 Å². The number of nitrogens with one attached hydrogen (secondary N) is 1. The number of carbonyl (C=O) groups excluding carboxylic acids is 1. The van der Waals surface area contributed by atoms with Crippen LogP contribution < -0.4 is 5.32 Å². The van der Waals surface area contributed by atoms with Crippen LogP contribution in [0.3, 0.4) is 0 Å². The number of fused-ring (bicyclic) bond motifs is 1. The molecular weight excluding hydrogens is 379 g/mol. The van der Waals surface area contributed by atoms with Gasteiger partial charge in [-0.1, -0.05) is 0 Å². The van der Waals surface area contributed by atoms with Gasteiger partial charge in [0.25, 0.3) is 0 Å². The van der Waals surface area contributed by atoms with Crippen molar-refractivity contribution in [3.63, 3.8) is 0 Å². The summed E-state index contributed by atoms with van der Waals surface area (Å²) in [4.78, 5) is 23.2. The summed E-state index contributed by atoms with van der Waals surface area (Å²) in [6.07, 6.45) is 2.21. The summed E-state index contributed by atoms with van der Waals surface area (Å²) in [5.41, 5.74) is 0.626. The Morgan fingerprint density at radius 1 is 1.39 bits per heavy atom. The monoisotopic (exact) mass is 387 g/mol. The summed E-state index contributed by atoms with van der Waals surface area (Å²) >= 11 is 1.78. The maximum Gasteiger partial charge on any atom is 0.372 e. The molecule has 2 rings (SSSR count). The number of amides is 1. The van der Waals surface area contributed by atoms with Gasteiger partial charge in [0, 0.05) is 27.5 Å². The molecule has 0 aromatic carbocycles. The van der Waals surface area contributed by atoms with Gasteiger partial charge in [0.15, 0.2) is 0 Å². The lowest BCUT2D eigenvalue weighted by atomic mass is 10.1. The molecule has 0 bridgehead atoms. The van der Waals surface area contributed by atoms with Crippen molar-refractivity contribution in [3.8, 4) is 0 Å². The first-order valence-electron chi connectivity index (χ1n) is 5.06. The average Bonchev–Trinajstić information content (AvgIpc) is 2.74. The van der Waals surface area contributed by atoms with Gasteiger partial charge in [-0.3, -0.25) is 4.79 Å². The Hall–Kier alpha value is -0.770. The zero-order valence-corrected chi connectivity index (χ0v) is 11.9. The van der Waals surface area contributed by atoms with E-state index >= 15 is 0 Å². The fraction of sp³-hybridized carbons (Fsp3) is 0.400. The summed E-state index contributed by atoms with van der Waals surface area (Å²) in [7, 11) is 0. The van der Waals surface area contributed by atoms with Crippen molar-refractivity contribution in [1.82, 2.24) is 0 Å². The fourth-order valence-electron chi connectivity index (χ4n) is 1.89. The Bertz CT molecular complexity index is 524. The molecule has 1 aliphatic rings. The van der Waals surface area contributed by atoms with E-state index in [0.29, 0.717) is 34.6 Å². The number of aromatic carboxylic acids is 1. The van der Waals surface area contributed by atoms with Crippen molar-refractivity contribution in [2.24, 2.45) is 0 Å². The third kappa shape index (κ3) is 2.48. The number of aryl methyl sites for hydroxylation is 1. The Kier molecular flexibility index (Phi) is 3.58. The zero-order valence-electron chi connectivity index (χ0n) is 8.93. The molecule has 1 amide bonds. The molecular formula is C10H8F2INO3S. The Balaban J connectivity index is 2.35. The van der Waals surface area contributed by atoms with Gasteiger partial charge in [-0.05, 0) is 24.8 Å². The van der Waals surface area contributed by atoms with Crippen LogP contribution >= 0.6 is 33.9 Å². The summed E-state index contributed by atoms with van der Waals surface area (Å²) in [6.45, 7) is 0. The van der Waals surface area contributed by atoms with E-state index in [2.05, 4.69) is 0 Å². The minimum absolute atomic E-state index is 0.00791. The molecule has 0 saturated carbocycles. The summed E-state index contributed by atoms with van der Waals surface area (Å²) in [5.74, 6) is -2.69. The highest BCUT2D eigenvalue weighted by Gasteiger charge is 2.37. The summed E-state index contributed by atoms with van der Waals surface area (Å²) < 4.78 is 22.0. The number of hydrogen-bond donors (Lipinski definition) is 2. The molecule has 18 heavy (non-hydrogen) atoms. The molecule has 8 heteroatoms. The molecule has 98 valence electrons. The number of hydrogen-bond acceptors (Lipinski definition) is 3. The average molecular weight is 387 g/mol. The van der Waals surface area contributed by atoms with Crippen molar-refractivity contribution >= 4 is 50.8 Å². The highest BCUT2D eigenvalue weighted by atomic mass is 127. The lowest BCUT2D eigenvalue weighted by Gasteiger charge is -2.09. The Labute approximate surface area is 119 Å². The number of carboxylic acids is 1. The molecule has 0 radical (unpaired) electrons. The number of carbonyl (C=O) groups is 2. The lowest BCUT2D eigenvalue weighted by Crippen LogP contribution is -2.28. The Morgan fingerprint density at radius 2 is 2.06 bits per heavy atom. The second-order valence-electron chi connectivity index (χ2n) is 3.82. The maximum absolute atomic E-state index is 12.8. The molecule has 1 aromatic heterocycles. The Morgan fingerprint density at radius 3 is 2.61 bits per heavy atom. The SMILES string of the molecule is O=C(O)c1c(NC(=O)C(F)(F)I)sc2c1CCC2. The summed E-state index contributed by atoms with van der Waals surface area (Å²) in [6, 6.07) is 0. The molecule has 0 aliphatic heterocycles. The standard InChI is InChI=1S/C10H8F2INO3S/c11-10(12,13)9(17)14-7-6(8(15)16)4-2-1-3-5(4)18-7/h1-3H2,(H,14,17)(H,15,16). The van der Waals surface area contributed by atoms with Crippen LogP contribution in [0, 0.1) is 0 Å². The van der Waals surface area contributed by atoms with Crippen LogP contribution in [-0.4, -0.2) is 20.9 Å². The minimum atomic E-state index is -3.55. The first-order valence-corrected chi connectivity index (χ1v) is 6.96. The number of alkyl halides is 3. The lowest BCUT2D eigenvalue weighted by molar-refractivity contribution is -0.127. The molecule has 1 aromatic rings. The first kappa shape index (κ1) is 13.7. The molecule has 1 aliphatic carbocycles. The van der Waals surface area contributed by atoms with E-state index in [1.165, 1.54) is 0 Å². The fourth-order valence-corrected chi connectivity index (χ4v) is 3.30. The van der Waals surface area contributed by atoms with Crippen molar-refractivity contribution in [1.29, 1.82) is 0 Å². The van der Waals surface area contributed by atoms with E-state index in [1.807, 2.05) is 5.32 Å². The van der Waals surface area contributed by atoms with Crippen LogP contribution in [0.15, 0.2) is 0 Å². The largest absolute Gasteiger partial charge is 0.478 e. The first-order chi connectivity index (χ1) is 8.30. The van der Waals surface area contributed by atoms with Gasteiger partial charge >= 0.3 is 15.8 Å². The van der Waals surface area contributed by atoms with Crippen LogP contribution in [0.1, 0.15) is 27.2 Å².